The number of aryl methyl sites for hydroxylation is 1. The van der Waals surface area contributed by atoms with E-state index in [1.54, 1.807) is 18.2 Å². The summed E-state index contributed by atoms with van der Waals surface area (Å²) in [5, 5.41) is 13.1. The van der Waals surface area contributed by atoms with Gasteiger partial charge in [-0.3, -0.25) is 9.59 Å². The lowest BCUT2D eigenvalue weighted by Gasteiger charge is -2.09. The normalized spacial score (nSPS) is 11.6. The number of anilines is 1. The van der Waals surface area contributed by atoms with E-state index in [1.807, 2.05) is 0 Å². The van der Waals surface area contributed by atoms with E-state index in [9.17, 15) is 22.8 Å². The van der Waals surface area contributed by atoms with Crippen LogP contribution in [-0.4, -0.2) is 30.7 Å². The number of H-pyrrole nitrogens is 1. The van der Waals surface area contributed by atoms with Crippen LogP contribution in [0.1, 0.15) is 21.7 Å². The van der Waals surface area contributed by atoms with Gasteiger partial charge in [0.2, 0.25) is 0 Å². The summed E-state index contributed by atoms with van der Waals surface area (Å²) in [4.78, 5) is 28.3. The Labute approximate surface area is 166 Å². The van der Waals surface area contributed by atoms with Crippen molar-refractivity contribution in [3.05, 3.63) is 76.1 Å². The van der Waals surface area contributed by atoms with Crippen LogP contribution >= 0.6 is 0 Å². The molecule has 2 N–H and O–H groups in total. The van der Waals surface area contributed by atoms with Crippen LogP contribution in [0.3, 0.4) is 0 Å². The molecular formula is C19H13F3N6O2. The highest BCUT2D eigenvalue weighted by Gasteiger charge is 2.39. The molecule has 1 amide bonds. The van der Waals surface area contributed by atoms with E-state index < -0.39 is 23.3 Å². The largest absolute Gasteiger partial charge is 0.435 e. The molecule has 3 aromatic heterocycles. The third-order valence-corrected chi connectivity index (χ3v) is 4.37. The Hall–Kier alpha value is -4.02. The van der Waals surface area contributed by atoms with Crippen LogP contribution in [-0.2, 0) is 6.18 Å². The number of alkyl halides is 3. The summed E-state index contributed by atoms with van der Waals surface area (Å²) in [5.41, 5.74) is -2.39. The molecule has 30 heavy (non-hydrogen) atoms. The fraction of sp³-hybridized carbons (Fsp3) is 0.105. The first-order chi connectivity index (χ1) is 14.3. The molecule has 0 aliphatic carbocycles. The number of aromatic amines is 1. The van der Waals surface area contributed by atoms with E-state index in [-0.39, 0.29) is 33.7 Å². The average molecular weight is 414 g/mol. The lowest BCUT2D eigenvalue weighted by Crippen LogP contribution is -2.29. The standard InChI is InChI=1S/C19H13F3N6O2/c1-10-13(17(29)26-12-7-8-23-24-9-12)18(30)28-16(25-10)14(11-5-3-2-4-6-11)15(27-28)19(20,21)22/h2-9,25H,1H3,(H,23,26,29). The van der Waals surface area contributed by atoms with Crippen LogP contribution < -0.4 is 10.9 Å². The van der Waals surface area contributed by atoms with Gasteiger partial charge in [-0.15, -0.1) is 0 Å². The molecule has 0 spiro atoms. The molecule has 0 aliphatic rings. The zero-order valence-corrected chi connectivity index (χ0v) is 15.4. The van der Waals surface area contributed by atoms with Gasteiger partial charge in [-0.2, -0.15) is 33.0 Å². The Morgan fingerprint density at radius 3 is 2.50 bits per heavy atom. The van der Waals surface area contributed by atoms with Crippen molar-refractivity contribution in [3.8, 4) is 11.1 Å². The highest BCUT2D eigenvalue weighted by Crippen LogP contribution is 2.38. The molecule has 1 aromatic carbocycles. The number of rotatable bonds is 3. The zero-order chi connectivity index (χ0) is 21.5. The van der Waals surface area contributed by atoms with E-state index >= 15 is 0 Å². The molecule has 0 aliphatic heterocycles. The van der Waals surface area contributed by atoms with Crippen LogP contribution in [0.25, 0.3) is 16.8 Å². The third kappa shape index (κ3) is 3.30. The van der Waals surface area contributed by atoms with Crippen molar-refractivity contribution >= 4 is 17.2 Å². The Bertz CT molecular complexity index is 1300. The Morgan fingerprint density at radius 1 is 1.13 bits per heavy atom. The number of carbonyl (C=O) groups excluding carboxylic acids is 1. The summed E-state index contributed by atoms with van der Waals surface area (Å²) < 4.78 is 41.6. The SMILES string of the molecule is Cc1[nH]c2c(-c3ccccc3)c(C(F)(F)F)nn2c(=O)c1C(=O)Nc1ccnnc1. The van der Waals surface area contributed by atoms with Crippen LogP contribution in [0, 0.1) is 6.92 Å². The zero-order valence-electron chi connectivity index (χ0n) is 15.4. The molecule has 4 rings (SSSR count). The van der Waals surface area contributed by atoms with Crippen molar-refractivity contribution < 1.29 is 18.0 Å². The van der Waals surface area contributed by atoms with Crippen molar-refractivity contribution in [1.82, 2.24) is 24.8 Å². The van der Waals surface area contributed by atoms with E-state index in [2.05, 4.69) is 25.6 Å². The van der Waals surface area contributed by atoms with E-state index in [0.717, 1.165) is 0 Å². The molecule has 3 heterocycles. The van der Waals surface area contributed by atoms with Crippen molar-refractivity contribution in [3.63, 3.8) is 0 Å². The van der Waals surface area contributed by atoms with Crippen LogP contribution in [0.2, 0.25) is 0 Å². The number of benzene rings is 1. The maximum atomic E-state index is 13.7. The predicted molar refractivity (Wildman–Crippen MR) is 101 cm³/mol. The molecule has 152 valence electrons. The topological polar surface area (TPSA) is 105 Å². The number of nitrogens with zero attached hydrogens (tertiary/aromatic N) is 4. The third-order valence-electron chi connectivity index (χ3n) is 4.37. The van der Waals surface area contributed by atoms with Gasteiger partial charge in [0.25, 0.3) is 11.5 Å². The Morgan fingerprint density at radius 2 is 1.87 bits per heavy atom. The molecule has 0 saturated carbocycles. The molecule has 0 unspecified atom stereocenters. The lowest BCUT2D eigenvalue weighted by molar-refractivity contribution is -0.140. The summed E-state index contributed by atoms with van der Waals surface area (Å²) in [6.45, 7) is 1.43. The number of halogens is 3. The number of amides is 1. The summed E-state index contributed by atoms with van der Waals surface area (Å²) in [5.74, 6) is -0.811. The minimum atomic E-state index is -4.81. The monoisotopic (exact) mass is 414 g/mol. The Kier molecular flexibility index (Phi) is 4.57. The second kappa shape index (κ2) is 7.10. The molecule has 0 fully saturated rings. The molecule has 4 aromatic rings. The number of fused-ring (bicyclic) bond motifs is 1. The molecule has 11 heteroatoms. The maximum absolute atomic E-state index is 13.7. The van der Waals surface area contributed by atoms with E-state index in [4.69, 9.17) is 0 Å². The molecule has 0 atom stereocenters. The van der Waals surface area contributed by atoms with Gasteiger partial charge in [0.05, 0.1) is 23.6 Å². The Balaban J connectivity index is 1.93. The van der Waals surface area contributed by atoms with Crippen molar-refractivity contribution in [2.45, 2.75) is 13.1 Å². The summed E-state index contributed by atoms with van der Waals surface area (Å²) >= 11 is 0. The molecule has 0 bridgehead atoms. The van der Waals surface area contributed by atoms with Crippen LogP contribution in [0.4, 0.5) is 18.9 Å². The minimum absolute atomic E-state index is 0.0952. The summed E-state index contributed by atoms with van der Waals surface area (Å²) in [6, 6.07) is 9.24. The van der Waals surface area contributed by atoms with Gasteiger partial charge in [0.1, 0.15) is 11.2 Å². The van der Waals surface area contributed by atoms with Gasteiger partial charge >= 0.3 is 6.18 Å². The van der Waals surface area contributed by atoms with Crippen molar-refractivity contribution in [2.24, 2.45) is 0 Å². The fourth-order valence-electron chi connectivity index (χ4n) is 3.09. The van der Waals surface area contributed by atoms with Gasteiger partial charge in [0, 0.05) is 5.69 Å². The number of hydrogen-bond acceptors (Lipinski definition) is 5. The summed E-state index contributed by atoms with van der Waals surface area (Å²) in [6.07, 6.45) is -2.20. The van der Waals surface area contributed by atoms with Gasteiger partial charge in [-0.05, 0) is 18.6 Å². The van der Waals surface area contributed by atoms with Gasteiger partial charge in [-0.25, -0.2) is 0 Å². The number of carbonyl (C=O) groups is 1. The van der Waals surface area contributed by atoms with Crippen molar-refractivity contribution in [1.29, 1.82) is 0 Å². The minimum Gasteiger partial charge on any atom is -0.342 e. The first kappa shape index (κ1) is 19.3. The second-order valence-corrected chi connectivity index (χ2v) is 6.36. The number of hydrogen-bond donors (Lipinski definition) is 2. The quantitative estimate of drug-likeness (QED) is 0.536. The molecule has 0 radical (unpaired) electrons. The lowest BCUT2D eigenvalue weighted by atomic mass is 10.1. The van der Waals surface area contributed by atoms with Gasteiger partial charge < -0.3 is 10.3 Å². The number of nitrogens with one attached hydrogen (secondary N) is 2. The first-order valence-corrected chi connectivity index (χ1v) is 8.63. The van der Waals surface area contributed by atoms with Crippen LogP contribution in [0.15, 0.2) is 53.6 Å². The summed E-state index contributed by atoms with van der Waals surface area (Å²) in [7, 11) is 0. The first-order valence-electron chi connectivity index (χ1n) is 8.63. The predicted octanol–water partition coefficient (Wildman–Crippen LogP) is 3.06. The maximum Gasteiger partial charge on any atom is 0.435 e. The number of aromatic nitrogens is 5. The van der Waals surface area contributed by atoms with Crippen LogP contribution in [0.5, 0.6) is 0 Å². The highest BCUT2D eigenvalue weighted by atomic mass is 19.4. The highest BCUT2D eigenvalue weighted by molar-refractivity contribution is 6.04. The van der Waals surface area contributed by atoms with Gasteiger partial charge in [0.15, 0.2) is 5.69 Å². The molecule has 0 saturated heterocycles. The van der Waals surface area contributed by atoms with Crippen molar-refractivity contribution in [2.75, 3.05) is 5.32 Å². The van der Waals surface area contributed by atoms with Gasteiger partial charge in [-0.1, -0.05) is 30.3 Å². The molecular weight excluding hydrogens is 401 g/mol. The molecule has 8 nitrogen and oxygen atoms in total. The average Bonchev–Trinajstić information content (AvgIpc) is 3.09. The van der Waals surface area contributed by atoms with E-state index in [0.29, 0.717) is 4.52 Å². The second-order valence-electron chi connectivity index (χ2n) is 6.36. The smallest absolute Gasteiger partial charge is 0.342 e. The van der Waals surface area contributed by atoms with E-state index in [1.165, 1.54) is 37.5 Å². The fourth-order valence-corrected chi connectivity index (χ4v) is 3.09.